The van der Waals surface area contributed by atoms with Gasteiger partial charge in [0, 0.05) is 29.0 Å². The van der Waals surface area contributed by atoms with Gasteiger partial charge in [0.1, 0.15) is 5.60 Å². The van der Waals surface area contributed by atoms with Crippen molar-refractivity contribution in [2.45, 2.75) is 57.7 Å². The molecule has 7 nitrogen and oxygen atoms in total. The summed E-state index contributed by atoms with van der Waals surface area (Å²) in [5.41, 5.74) is 2.62. The quantitative estimate of drug-likeness (QED) is 0.732. The summed E-state index contributed by atoms with van der Waals surface area (Å²) in [5.74, 6) is -0.200. The number of hydrogen-bond acceptors (Lipinski definition) is 4. The second-order valence-corrected chi connectivity index (χ2v) is 9.79. The minimum Gasteiger partial charge on any atom is -0.444 e. The number of hydrogen-bond donors (Lipinski definition) is 1. The van der Waals surface area contributed by atoms with Gasteiger partial charge in [0.25, 0.3) is 5.91 Å². The second-order valence-electron chi connectivity index (χ2n) is 8.94. The highest BCUT2D eigenvalue weighted by Gasteiger charge is 2.52. The lowest BCUT2D eigenvalue weighted by molar-refractivity contribution is 0.0193. The third-order valence-corrected chi connectivity index (χ3v) is 6.38. The minimum absolute atomic E-state index is 0.200. The maximum atomic E-state index is 12.7. The van der Waals surface area contributed by atoms with E-state index in [4.69, 9.17) is 4.74 Å². The van der Waals surface area contributed by atoms with Crippen molar-refractivity contribution in [1.29, 1.82) is 0 Å². The average Bonchev–Trinajstić information content (AvgIpc) is 3.39. The van der Waals surface area contributed by atoms with Crippen LogP contribution in [0.3, 0.4) is 0 Å². The van der Waals surface area contributed by atoms with Crippen LogP contribution in [0.15, 0.2) is 28.7 Å². The Kier molecular flexibility index (Phi) is 5.16. The SMILES string of the molecule is CNC(=O)c1nn2c(c1C1(c3ccccc3Br)CC1)CN(C(=O)OC(C)(C)C)CC2. The van der Waals surface area contributed by atoms with Crippen LogP contribution in [0.1, 0.15) is 60.9 Å². The molecule has 1 aromatic heterocycles. The molecule has 0 unspecified atom stereocenters. The Morgan fingerprint density at radius 2 is 1.90 bits per heavy atom. The van der Waals surface area contributed by atoms with Gasteiger partial charge in [-0.1, -0.05) is 34.1 Å². The van der Waals surface area contributed by atoms with E-state index in [1.165, 1.54) is 0 Å². The molecule has 30 heavy (non-hydrogen) atoms. The Bertz CT molecular complexity index is 1000. The van der Waals surface area contributed by atoms with Crippen molar-refractivity contribution in [3.05, 3.63) is 51.3 Å². The summed E-state index contributed by atoms with van der Waals surface area (Å²) in [5, 5.41) is 7.39. The molecule has 1 N–H and O–H groups in total. The molecule has 1 aliphatic heterocycles. The number of halogens is 1. The van der Waals surface area contributed by atoms with E-state index >= 15 is 0 Å². The normalized spacial score (nSPS) is 17.3. The predicted molar refractivity (Wildman–Crippen MR) is 116 cm³/mol. The first-order valence-electron chi connectivity index (χ1n) is 10.2. The molecule has 1 aromatic carbocycles. The molecule has 8 heteroatoms. The van der Waals surface area contributed by atoms with Crippen molar-refractivity contribution >= 4 is 27.9 Å². The lowest BCUT2D eigenvalue weighted by Crippen LogP contribution is -2.42. The standard InChI is InChI=1S/C22H27BrN4O3/c1-21(2,3)30-20(29)26-11-12-27-16(13-26)17(18(25-27)19(28)24-4)22(9-10-22)14-7-5-6-8-15(14)23/h5-8H,9-13H2,1-4H3,(H,24,28). The van der Waals surface area contributed by atoms with Crippen molar-refractivity contribution in [3.63, 3.8) is 0 Å². The molecule has 0 saturated heterocycles. The van der Waals surface area contributed by atoms with Crippen LogP contribution < -0.4 is 5.32 Å². The van der Waals surface area contributed by atoms with Crippen LogP contribution in [-0.4, -0.2) is 45.9 Å². The van der Waals surface area contributed by atoms with Crippen molar-refractivity contribution < 1.29 is 14.3 Å². The summed E-state index contributed by atoms with van der Waals surface area (Å²) in [4.78, 5) is 27.2. The Labute approximate surface area is 184 Å². The van der Waals surface area contributed by atoms with E-state index in [9.17, 15) is 9.59 Å². The van der Waals surface area contributed by atoms with E-state index in [-0.39, 0.29) is 17.4 Å². The van der Waals surface area contributed by atoms with Crippen LogP contribution in [0.5, 0.6) is 0 Å². The number of carbonyl (C=O) groups is 2. The Morgan fingerprint density at radius 3 is 2.50 bits per heavy atom. The Hall–Kier alpha value is -2.35. The third kappa shape index (κ3) is 3.62. The molecular formula is C22H27BrN4O3. The third-order valence-electron chi connectivity index (χ3n) is 5.69. The molecule has 160 valence electrons. The van der Waals surface area contributed by atoms with E-state index in [1.807, 2.05) is 43.7 Å². The highest BCUT2D eigenvalue weighted by atomic mass is 79.9. The number of aromatic nitrogens is 2. The fourth-order valence-corrected chi connectivity index (χ4v) is 4.87. The summed E-state index contributed by atoms with van der Waals surface area (Å²) >= 11 is 3.69. The van der Waals surface area contributed by atoms with Gasteiger partial charge in [0.2, 0.25) is 0 Å². The lowest BCUT2D eigenvalue weighted by Gasteiger charge is -2.31. The van der Waals surface area contributed by atoms with E-state index < -0.39 is 5.60 Å². The van der Waals surface area contributed by atoms with Gasteiger partial charge in [-0.15, -0.1) is 0 Å². The fraction of sp³-hybridized carbons (Fsp3) is 0.500. The van der Waals surface area contributed by atoms with Crippen molar-refractivity contribution in [1.82, 2.24) is 20.0 Å². The lowest BCUT2D eigenvalue weighted by atomic mass is 9.85. The summed E-state index contributed by atoms with van der Waals surface area (Å²) in [7, 11) is 1.62. The number of benzene rings is 1. The predicted octanol–water partition coefficient (Wildman–Crippen LogP) is 3.84. The van der Waals surface area contributed by atoms with Crippen LogP contribution >= 0.6 is 15.9 Å². The first-order valence-corrected chi connectivity index (χ1v) is 11.0. The van der Waals surface area contributed by atoms with Crippen LogP contribution in [0.25, 0.3) is 0 Å². The maximum Gasteiger partial charge on any atom is 0.410 e. The summed E-state index contributed by atoms with van der Waals surface area (Å²) in [6.07, 6.45) is 1.53. The molecule has 0 atom stereocenters. The molecule has 0 bridgehead atoms. The first-order chi connectivity index (χ1) is 14.2. The Morgan fingerprint density at radius 1 is 1.20 bits per heavy atom. The van der Waals surface area contributed by atoms with E-state index in [0.29, 0.717) is 25.3 Å². The summed E-state index contributed by atoms with van der Waals surface area (Å²) < 4.78 is 8.49. The number of carbonyl (C=O) groups excluding carboxylic acids is 2. The maximum absolute atomic E-state index is 12.7. The van der Waals surface area contributed by atoms with E-state index in [0.717, 1.165) is 34.1 Å². The number of nitrogens with zero attached hydrogens (tertiary/aromatic N) is 3. The fourth-order valence-electron chi connectivity index (χ4n) is 4.21. The first kappa shape index (κ1) is 20.9. The van der Waals surface area contributed by atoms with Gasteiger partial charge < -0.3 is 15.0 Å². The Balaban J connectivity index is 1.78. The minimum atomic E-state index is -0.558. The largest absolute Gasteiger partial charge is 0.444 e. The number of ether oxygens (including phenoxy) is 1. The molecule has 1 fully saturated rings. The average molecular weight is 475 g/mol. The van der Waals surface area contributed by atoms with Crippen LogP contribution in [0.4, 0.5) is 4.79 Å². The van der Waals surface area contributed by atoms with Gasteiger partial charge in [0.05, 0.1) is 18.8 Å². The second kappa shape index (κ2) is 7.41. The molecule has 0 radical (unpaired) electrons. The molecule has 2 aromatic rings. The van der Waals surface area contributed by atoms with Crippen molar-refractivity contribution in [2.75, 3.05) is 13.6 Å². The highest BCUT2D eigenvalue weighted by Crippen LogP contribution is 2.57. The van der Waals surface area contributed by atoms with E-state index in [1.54, 1.807) is 11.9 Å². The molecule has 1 saturated carbocycles. The molecule has 0 spiro atoms. The van der Waals surface area contributed by atoms with Gasteiger partial charge in [-0.3, -0.25) is 9.48 Å². The van der Waals surface area contributed by atoms with E-state index in [2.05, 4.69) is 32.4 Å². The van der Waals surface area contributed by atoms with Gasteiger partial charge in [-0.2, -0.15) is 5.10 Å². The molecule has 2 amide bonds. The summed E-state index contributed by atoms with van der Waals surface area (Å²) in [6.45, 7) is 6.99. The van der Waals surface area contributed by atoms with Crippen LogP contribution in [0, 0.1) is 0 Å². The zero-order chi connectivity index (χ0) is 21.7. The van der Waals surface area contributed by atoms with Gasteiger partial charge >= 0.3 is 6.09 Å². The highest BCUT2D eigenvalue weighted by molar-refractivity contribution is 9.10. The van der Waals surface area contributed by atoms with Crippen molar-refractivity contribution in [3.8, 4) is 0 Å². The zero-order valence-electron chi connectivity index (χ0n) is 17.8. The molecular weight excluding hydrogens is 448 g/mol. The van der Waals surface area contributed by atoms with Gasteiger partial charge in [-0.25, -0.2) is 4.79 Å². The smallest absolute Gasteiger partial charge is 0.410 e. The zero-order valence-corrected chi connectivity index (χ0v) is 19.4. The van der Waals surface area contributed by atoms with Crippen LogP contribution in [0.2, 0.25) is 0 Å². The molecule has 2 aliphatic rings. The number of nitrogens with one attached hydrogen (secondary N) is 1. The number of amides is 2. The van der Waals surface area contributed by atoms with Gasteiger partial charge in [0.15, 0.2) is 5.69 Å². The van der Waals surface area contributed by atoms with Crippen molar-refractivity contribution in [2.24, 2.45) is 0 Å². The monoisotopic (exact) mass is 474 g/mol. The topological polar surface area (TPSA) is 76.5 Å². The number of rotatable bonds is 3. The molecule has 2 heterocycles. The number of fused-ring (bicyclic) bond motifs is 1. The molecule has 4 rings (SSSR count). The van der Waals surface area contributed by atoms with Gasteiger partial charge in [-0.05, 0) is 45.2 Å². The van der Waals surface area contributed by atoms with Crippen LogP contribution in [-0.2, 0) is 23.2 Å². The molecule has 1 aliphatic carbocycles. The summed E-state index contributed by atoms with van der Waals surface area (Å²) in [6, 6.07) is 8.13.